The normalized spacial score (nSPS) is 12.2. The minimum absolute atomic E-state index is 0.0533. The van der Waals surface area contributed by atoms with E-state index in [9.17, 15) is 18.0 Å². The molecule has 0 aliphatic rings. The predicted molar refractivity (Wildman–Crippen MR) is 65.9 cm³/mol. The quantitative estimate of drug-likeness (QED) is 0.616. The van der Waals surface area contributed by atoms with Crippen LogP contribution < -0.4 is 0 Å². The summed E-state index contributed by atoms with van der Waals surface area (Å²) < 4.78 is 40.7. The molecule has 0 spiro atoms. The van der Waals surface area contributed by atoms with E-state index in [1.807, 2.05) is 0 Å². The molecule has 0 bridgehead atoms. The molecule has 0 saturated carbocycles. The van der Waals surface area contributed by atoms with Crippen LogP contribution in [0.4, 0.5) is 13.2 Å². The minimum Gasteiger partial charge on any atom is -0.478 e. The number of thiophene rings is 1. The molecule has 0 aliphatic heterocycles. The second-order valence-electron chi connectivity index (χ2n) is 3.75. The first-order chi connectivity index (χ1) is 8.87. The Morgan fingerprint density at radius 1 is 1.42 bits per heavy atom. The van der Waals surface area contributed by atoms with Crippen LogP contribution in [0.25, 0.3) is 6.08 Å². The van der Waals surface area contributed by atoms with Crippen LogP contribution in [0.1, 0.15) is 22.6 Å². The lowest BCUT2D eigenvalue weighted by Crippen LogP contribution is -2.08. The molecule has 0 unspecified atom stereocenters. The smallest absolute Gasteiger partial charge is 0.389 e. The summed E-state index contributed by atoms with van der Waals surface area (Å²) in [6.45, 7) is 0.293. The summed E-state index contributed by atoms with van der Waals surface area (Å²) in [4.78, 5) is 11.9. The van der Waals surface area contributed by atoms with Gasteiger partial charge < -0.3 is 9.84 Å². The van der Waals surface area contributed by atoms with E-state index in [0.717, 1.165) is 15.8 Å². The summed E-state index contributed by atoms with van der Waals surface area (Å²) in [6, 6.07) is 3.49. The maximum absolute atomic E-state index is 11.9. The third-order valence-corrected chi connectivity index (χ3v) is 3.09. The predicted octanol–water partition coefficient (Wildman–Crippen LogP) is 3.71. The molecular weight excluding hydrogens is 281 g/mol. The summed E-state index contributed by atoms with van der Waals surface area (Å²) in [5.41, 5.74) is 0. The van der Waals surface area contributed by atoms with Gasteiger partial charge in [-0.2, -0.15) is 13.2 Å². The van der Waals surface area contributed by atoms with Crippen molar-refractivity contribution in [2.45, 2.75) is 25.6 Å². The number of alkyl halides is 3. The third-order valence-electron chi connectivity index (χ3n) is 2.07. The van der Waals surface area contributed by atoms with E-state index in [1.54, 1.807) is 12.1 Å². The first-order valence-electron chi connectivity index (χ1n) is 5.51. The fourth-order valence-corrected chi connectivity index (χ4v) is 2.12. The Kier molecular flexibility index (Phi) is 6.04. The number of hydrogen-bond donors (Lipinski definition) is 1. The highest BCUT2D eigenvalue weighted by Crippen LogP contribution is 2.22. The second kappa shape index (κ2) is 7.30. The van der Waals surface area contributed by atoms with Crippen LogP contribution >= 0.6 is 11.3 Å². The molecule has 0 atom stereocenters. The van der Waals surface area contributed by atoms with Crippen molar-refractivity contribution < 1.29 is 27.8 Å². The number of rotatable bonds is 7. The molecule has 1 aromatic heterocycles. The van der Waals surface area contributed by atoms with E-state index in [0.29, 0.717) is 0 Å². The Morgan fingerprint density at radius 3 is 2.79 bits per heavy atom. The number of ether oxygens (including phenoxy) is 1. The summed E-state index contributed by atoms with van der Waals surface area (Å²) >= 11 is 1.34. The molecule has 1 rings (SSSR count). The zero-order chi connectivity index (χ0) is 14.3. The van der Waals surface area contributed by atoms with Crippen molar-refractivity contribution in [1.82, 2.24) is 0 Å². The van der Waals surface area contributed by atoms with E-state index in [2.05, 4.69) is 0 Å². The van der Waals surface area contributed by atoms with Gasteiger partial charge in [0.25, 0.3) is 0 Å². The van der Waals surface area contributed by atoms with E-state index in [4.69, 9.17) is 9.84 Å². The maximum atomic E-state index is 11.9. The lowest BCUT2D eigenvalue weighted by atomic mass is 10.3. The van der Waals surface area contributed by atoms with Crippen LogP contribution in [0.3, 0.4) is 0 Å². The Balaban J connectivity index is 2.25. The highest BCUT2D eigenvalue weighted by Gasteiger charge is 2.25. The van der Waals surface area contributed by atoms with Crippen LogP contribution in [0, 0.1) is 0 Å². The summed E-state index contributed by atoms with van der Waals surface area (Å²) in [7, 11) is 0. The first-order valence-corrected chi connectivity index (χ1v) is 6.33. The van der Waals surface area contributed by atoms with E-state index < -0.39 is 18.6 Å². The lowest BCUT2D eigenvalue weighted by Gasteiger charge is -2.05. The largest absolute Gasteiger partial charge is 0.478 e. The molecule has 1 heterocycles. The van der Waals surface area contributed by atoms with Gasteiger partial charge in [0.15, 0.2) is 0 Å². The summed E-state index contributed by atoms with van der Waals surface area (Å²) in [5, 5.41) is 8.45. The third kappa shape index (κ3) is 7.63. The van der Waals surface area contributed by atoms with Crippen molar-refractivity contribution in [3.8, 4) is 0 Å². The zero-order valence-corrected chi connectivity index (χ0v) is 10.8. The average Bonchev–Trinajstić information content (AvgIpc) is 2.72. The fourth-order valence-electron chi connectivity index (χ4n) is 1.26. The van der Waals surface area contributed by atoms with E-state index >= 15 is 0 Å². The van der Waals surface area contributed by atoms with Crippen molar-refractivity contribution in [3.05, 3.63) is 28.0 Å². The Hall–Kier alpha value is -1.34. The van der Waals surface area contributed by atoms with Crippen molar-refractivity contribution in [1.29, 1.82) is 0 Å². The monoisotopic (exact) mass is 294 g/mol. The topological polar surface area (TPSA) is 46.5 Å². The van der Waals surface area contributed by atoms with Crippen LogP contribution in [-0.2, 0) is 16.1 Å². The SMILES string of the molecule is O=C(O)/C=C/c1ccc(COCCCC(F)(F)F)s1. The number of halogens is 3. The van der Waals surface area contributed by atoms with Crippen LogP contribution in [0.15, 0.2) is 18.2 Å². The van der Waals surface area contributed by atoms with Gasteiger partial charge in [0.05, 0.1) is 6.61 Å². The highest BCUT2D eigenvalue weighted by atomic mass is 32.1. The lowest BCUT2D eigenvalue weighted by molar-refractivity contribution is -0.138. The van der Waals surface area contributed by atoms with Crippen molar-refractivity contribution in [2.24, 2.45) is 0 Å². The second-order valence-corrected chi connectivity index (χ2v) is 4.95. The zero-order valence-electron chi connectivity index (χ0n) is 9.94. The fraction of sp³-hybridized carbons (Fsp3) is 0.417. The number of aliphatic carboxylic acids is 1. The number of hydrogen-bond acceptors (Lipinski definition) is 3. The van der Waals surface area contributed by atoms with Gasteiger partial charge in [0, 0.05) is 28.9 Å². The number of carboxylic acid groups (broad SMARTS) is 1. The maximum Gasteiger partial charge on any atom is 0.389 e. The van der Waals surface area contributed by atoms with Gasteiger partial charge in [0.1, 0.15) is 0 Å². The van der Waals surface area contributed by atoms with Crippen LogP contribution in [-0.4, -0.2) is 23.9 Å². The van der Waals surface area contributed by atoms with Crippen molar-refractivity contribution in [3.63, 3.8) is 0 Å². The van der Waals surface area contributed by atoms with Gasteiger partial charge in [-0.3, -0.25) is 0 Å². The summed E-state index contributed by atoms with van der Waals surface area (Å²) in [6.07, 6.45) is -2.55. The van der Waals surface area contributed by atoms with Gasteiger partial charge in [-0.25, -0.2) is 4.79 Å². The Labute approximate surface area is 112 Å². The van der Waals surface area contributed by atoms with E-state index in [1.165, 1.54) is 17.4 Å². The molecular formula is C12H13F3O3S. The molecule has 1 N–H and O–H groups in total. The molecule has 0 aliphatic carbocycles. The van der Waals surface area contributed by atoms with Crippen molar-refractivity contribution in [2.75, 3.05) is 6.61 Å². The van der Waals surface area contributed by atoms with Gasteiger partial charge >= 0.3 is 12.1 Å². The molecule has 7 heteroatoms. The molecule has 1 aromatic rings. The standard InChI is InChI=1S/C12H13F3O3S/c13-12(14,15)6-1-7-18-8-10-3-2-9(19-10)4-5-11(16)17/h2-5H,1,6-8H2,(H,16,17)/b5-4+. The van der Waals surface area contributed by atoms with Crippen LogP contribution in [0.2, 0.25) is 0 Å². The Morgan fingerprint density at radius 2 is 2.16 bits per heavy atom. The number of carboxylic acids is 1. The van der Waals surface area contributed by atoms with Crippen molar-refractivity contribution >= 4 is 23.4 Å². The first kappa shape index (κ1) is 15.7. The molecule has 0 aromatic carbocycles. The van der Waals surface area contributed by atoms with Crippen LogP contribution in [0.5, 0.6) is 0 Å². The molecule has 106 valence electrons. The molecule has 0 radical (unpaired) electrons. The molecule has 0 saturated heterocycles. The molecule has 19 heavy (non-hydrogen) atoms. The van der Waals surface area contributed by atoms with E-state index in [-0.39, 0.29) is 19.6 Å². The van der Waals surface area contributed by atoms with Gasteiger partial charge in [-0.05, 0) is 24.6 Å². The highest BCUT2D eigenvalue weighted by molar-refractivity contribution is 7.12. The average molecular weight is 294 g/mol. The molecule has 3 nitrogen and oxygen atoms in total. The molecule has 0 amide bonds. The minimum atomic E-state index is -4.14. The van der Waals surface area contributed by atoms with Gasteiger partial charge in [0.2, 0.25) is 0 Å². The Bertz CT molecular complexity index is 438. The van der Waals surface area contributed by atoms with Gasteiger partial charge in [-0.1, -0.05) is 0 Å². The summed E-state index contributed by atoms with van der Waals surface area (Å²) in [5.74, 6) is -1.03. The number of carbonyl (C=O) groups is 1. The molecule has 0 fully saturated rings. The van der Waals surface area contributed by atoms with Gasteiger partial charge in [-0.15, -0.1) is 11.3 Å².